The van der Waals surface area contributed by atoms with Gasteiger partial charge in [-0.25, -0.2) is 0 Å². The summed E-state index contributed by atoms with van der Waals surface area (Å²) >= 11 is 0. The second-order valence-corrected chi connectivity index (χ2v) is 5.55. The number of carbonyl (C=O) groups excluding carboxylic acids is 1. The number of carbonyl (C=O) groups is 1. The molecule has 1 aromatic rings. The van der Waals surface area contributed by atoms with E-state index in [2.05, 4.69) is 0 Å². The Bertz CT molecular complexity index is 593. The Balaban J connectivity index is 2.22. The third kappa shape index (κ3) is 3.02. The molecule has 0 fully saturated rings. The summed E-state index contributed by atoms with van der Waals surface area (Å²) in [6, 6.07) is 3.77. The molecule has 0 saturated carbocycles. The monoisotopic (exact) mass is 274 g/mol. The zero-order chi connectivity index (χ0) is 14.9. The van der Waals surface area contributed by atoms with Gasteiger partial charge < -0.3 is 14.9 Å². The molecule has 4 heteroatoms. The second kappa shape index (κ2) is 5.04. The Morgan fingerprint density at radius 3 is 2.35 bits per heavy atom. The quantitative estimate of drug-likeness (QED) is 0.641. The first-order chi connectivity index (χ1) is 9.28. The van der Waals surface area contributed by atoms with Crippen LogP contribution in [0.2, 0.25) is 0 Å². The van der Waals surface area contributed by atoms with Crippen LogP contribution in [0.4, 0.5) is 0 Å². The minimum Gasteiger partial charge on any atom is -0.508 e. The molecule has 1 aromatic carbocycles. The molecule has 0 saturated heterocycles. The Hall–Kier alpha value is -2.23. The van der Waals surface area contributed by atoms with E-state index in [9.17, 15) is 15.0 Å². The summed E-state index contributed by atoms with van der Waals surface area (Å²) in [5.74, 6) is -0.574. The Morgan fingerprint density at radius 2 is 1.80 bits per heavy atom. The van der Waals surface area contributed by atoms with Gasteiger partial charge in [-0.3, -0.25) is 4.79 Å². The minimum atomic E-state index is -0.732. The topological polar surface area (TPSA) is 66.8 Å². The van der Waals surface area contributed by atoms with E-state index in [1.165, 1.54) is 18.2 Å². The molecule has 20 heavy (non-hydrogen) atoms. The van der Waals surface area contributed by atoms with Crippen LogP contribution < -0.4 is 4.74 Å². The van der Waals surface area contributed by atoms with Crippen LogP contribution in [0.5, 0.6) is 17.2 Å². The third-order valence-corrected chi connectivity index (χ3v) is 3.22. The lowest BCUT2D eigenvalue weighted by Crippen LogP contribution is -2.32. The van der Waals surface area contributed by atoms with Gasteiger partial charge in [-0.1, -0.05) is 23.3 Å². The minimum absolute atomic E-state index is 0.131. The number of hydrogen-bond acceptors (Lipinski definition) is 4. The molecule has 1 unspecified atom stereocenters. The molecule has 2 rings (SSSR count). The number of esters is 1. The predicted octanol–water partition coefficient (Wildman–Crippen LogP) is 3.31. The van der Waals surface area contributed by atoms with Gasteiger partial charge in [0, 0.05) is 18.2 Å². The van der Waals surface area contributed by atoms with Crippen molar-refractivity contribution >= 4 is 5.97 Å². The summed E-state index contributed by atoms with van der Waals surface area (Å²) in [6.45, 7) is 5.73. The molecule has 0 radical (unpaired) electrons. The third-order valence-electron chi connectivity index (χ3n) is 3.22. The number of rotatable bonds is 2. The fourth-order valence-electron chi connectivity index (χ4n) is 2.60. The van der Waals surface area contributed by atoms with Gasteiger partial charge in [0.25, 0.3) is 0 Å². The molecule has 2 N–H and O–H groups in total. The fourth-order valence-corrected chi connectivity index (χ4v) is 2.60. The molecule has 4 nitrogen and oxygen atoms in total. The number of phenolic OH excluding ortho intramolecular Hbond substituents is 2. The summed E-state index contributed by atoms with van der Waals surface area (Å²) in [7, 11) is 0. The lowest BCUT2D eigenvalue weighted by molar-refractivity contribution is -0.142. The van der Waals surface area contributed by atoms with Crippen LogP contribution >= 0.6 is 0 Å². The van der Waals surface area contributed by atoms with Gasteiger partial charge in [0.15, 0.2) is 0 Å². The average Bonchev–Trinajstić information content (AvgIpc) is 2.25. The molecule has 106 valence electrons. The van der Waals surface area contributed by atoms with E-state index in [1.54, 1.807) is 0 Å². The highest BCUT2D eigenvalue weighted by Crippen LogP contribution is 2.36. The Labute approximate surface area is 118 Å². The maximum Gasteiger partial charge on any atom is 0.321 e. The van der Waals surface area contributed by atoms with E-state index in [0.29, 0.717) is 6.42 Å². The van der Waals surface area contributed by atoms with Crippen LogP contribution in [0.1, 0.15) is 27.2 Å². The number of phenols is 2. The van der Waals surface area contributed by atoms with Crippen molar-refractivity contribution in [1.29, 1.82) is 0 Å². The van der Waals surface area contributed by atoms with Crippen molar-refractivity contribution in [2.24, 2.45) is 5.41 Å². The van der Waals surface area contributed by atoms with Crippen LogP contribution in [0.25, 0.3) is 0 Å². The van der Waals surface area contributed by atoms with Crippen molar-refractivity contribution in [2.45, 2.75) is 27.2 Å². The molecular weight excluding hydrogens is 256 g/mol. The summed E-state index contributed by atoms with van der Waals surface area (Å²) in [5, 5.41) is 18.8. The fraction of sp³-hybridized carbons (Fsp3) is 0.312. The molecule has 0 heterocycles. The van der Waals surface area contributed by atoms with E-state index in [-0.39, 0.29) is 17.2 Å². The van der Waals surface area contributed by atoms with Crippen molar-refractivity contribution in [3.8, 4) is 17.2 Å². The van der Waals surface area contributed by atoms with Crippen LogP contribution in [-0.4, -0.2) is 16.2 Å². The smallest absolute Gasteiger partial charge is 0.321 e. The molecule has 0 spiro atoms. The van der Waals surface area contributed by atoms with Crippen LogP contribution in [0, 0.1) is 5.41 Å². The largest absolute Gasteiger partial charge is 0.508 e. The lowest BCUT2D eigenvalue weighted by Gasteiger charge is -2.28. The van der Waals surface area contributed by atoms with Gasteiger partial charge in [0.05, 0.1) is 5.41 Å². The van der Waals surface area contributed by atoms with E-state index < -0.39 is 11.4 Å². The molecule has 0 aliphatic heterocycles. The maximum absolute atomic E-state index is 12.3. The summed E-state index contributed by atoms with van der Waals surface area (Å²) < 4.78 is 5.28. The number of ether oxygens (including phenoxy) is 1. The molecular formula is C16H18O4. The molecule has 1 aliphatic carbocycles. The Morgan fingerprint density at radius 1 is 1.20 bits per heavy atom. The first kappa shape index (κ1) is 14.2. The molecule has 0 amide bonds. The van der Waals surface area contributed by atoms with Crippen molar-refractivity contribution in [1.82, 2.24) is 0 Å². The second-order valence-electron chi connectivity index (χ2n) is 5.55. The highest BCUT2D eigenvalue weighted by atomic mass is 16.5. The highest BCUT2D eigenvalue weighted by molar-refractivity contribution is 5.82. The standard InChI is InChI=1S/C16H18O4/c1-10-4-11(2)9-16(3,8-10)15(19)20-14-6-12(17)5-13(18)7-14/h4-8,17-18H,9H2,1-3H3. The van der Waals surface area contributed by atoms with Crippen LogP contribution in [-0.2, 0) is 4.79 Å². The van der Waals surface area contributed by atoms with Gasteiger partial charge in [-0.05, 0) is 27.2 Å². The summed E-state index contributed by atoms with van der Waals surface area (Å²) in [5.41, 5.74) is 1.40. The maximum atomic E-state index is 12.3. The first-order valence-electron chi connectivity index (χ1n) is 6.40. The van der Waals surface area contributed by atoms with Gasteiger partial charge in [-0.15, -0.1) is 0 Å². The van der Waals surface area contributed by atoms with E-state index in [4.69, 9.17) is 4.74 Å². The van der Waals surface area contributed by atoms with Gasteiger partial charge in [-0.2, -0.15) is 0 Å². The van der Waals surface area contributed by atoms with E-state index in [0.717, 1.165) is 11.1 Å². The average molecular weight is 274 g/mol. The van der Waals surface area contributed by atoms with Crippen LogP contribution in [0.3, 0.4) is 0 Å². The number of aromatic hydroxyl groups is 2. The van der Waals surface area contributed by atoms with Crippen molar-refractivity contribution in [3.05, 3.63) is 41.5 Å². The zero-order valence-corrected chi connectivity index (χ0v) is 11.8. The Kier molecular flexibility index (Phi) is 3.57. The van der Waals surface area contributed by atoms with Gasteiger partial charge >= 0.3 is 5.97 Å². The van der Waals surface area contributed by atoms with Crippen LogP contribution in [0.15, 0.2) is 41.5 Å². The SMILES string of the molecule is CC1=CC(C)(C(=O)Oc2cc(O)cc(O)c2)CC(C)=C1. The number of allylic oxidation sites excluding steroid dienone is 3. The van der Waals surface area contributed by atoms with Gasteiger partial charge in [0.1, 0.15) is 17.2 Å². The summed E-state index contributed by atoms with van der Waals surface area (Å²) in [4.78, 5) is 12.3. The van der Waals surface area contributed by atoms with E-state index >= 15 is 0 Å². The highest BCUT2D eigenvalue weighted by Gasteiger charge is 2.35. The molecule has 0 bridgehead atoms. The normalized spacial score (nSPS) is 21.9. The number of hydrogen-bond donors (Lipinski definition) is 2. The summed E-state index contributed by atoms with van der Waals surface area (Å²) in [6.07, 6.45) is 4.51. The van der Waals surface area contributed by atoms with E-state index in [1.807, 2.05) is 32.9 Å². The molecule has 0 aromatic heterocycles. The molecule has 1 atom stereocenters. The van der Waals surface area contributed by atoms with Crippen molar-refractivity contribution < 1.29 is 19.7 Å². The predicted molar refractivity (Wildman–Crippen MR) is 75.6 cm³/mol. The number of benzene rings is 1. The van der Waals surface area contributed by atoms with Crippen molar-refractivity contribution in [2.75, 3.05) is 0 Å². The first-order valence-corrected chi connectivity index (χ1v) is 6.40. The van der Waals surface area contributed by atoms with Gasteiger partial charge in [0.2, 0.25) is 0 Å². The molecule has 1 aliphatic rings. The lowest BCUT2D eigenvalue weighted by atomic mass is 9.78. The van der Waals surface area contributed by atoms with Crippen molar-refractivity contribution in [3.63, 3.8) is 0 Å². The zero-order valence-electron chi connectivity index (χ0n) is 11.8.